The zero-order valence-electron chi connectivity index (χ0n) is 20.4. The summed E-state index contributed by atoms with van der Waals surface area (Å²) < 4.78 is 13.5. The van der Waals surface area contributed by atoms with Gasteiger partial charge in [0.2, 0.25) is 0 Å². The standard InChI is InChI=1S/C28H26BrN3O3S2/c1-3-34-25-14-21(13-23(29)27(25)35-16-20-9-7-8-19(2)12-20)15-30-32-26(33)18-37-28-31-24(17-36-28)22-10-5-4-6-11-22/h4-15,17H,3,16,18H2,1-2H3,(H,32,33)/b30-15+. The van der Waals surface area contributed by atoms with Gasteiger partial charge in [-0.05, 0) is 53.0 Å². The van der Waals surface area contributed by atoms with E-state index in [2.05, 4.69) is 50.5 Å². The van der Waals surface area contributed by atoms with Gasteiger partial charge >= 0.3 is 0 Å². The van der Waals surface area contributed by atoms with Crippen LogP contribution in [0.2, 0.25) is 0 Å². The lowest BCUT2D eigenvalue weighted by atomic mass is 10.1. The van der Waals surface area contributed by atoms with Crippen molar-refractivity contribution in [3.63, 3.8) is 0 Å². The Labute approximate surface area is 233 Å². The summed E-state index contributed by atoms with van der Waals surface area (Å²) in [5.41, 5.74) is 7.57. The molecular weight excluding hydrogens is 570 g/mol. The number of halogens is 1. The summed E-state index contributed by atoms with van der Waals surface area (Å²) in [6, 6.07) is 21.9. The van der Waals surface area contributed by atoms with E-state index in [0.717, 1.165) is 31.2 Å². The first kappa shape index (κ1) is 26.9. The first-order valence-electron chi connectivity index (χ1n) is 11.6. The van der Waals surface area contributed by atoms with E-state index in [1.807, 2.05) is 66.9 Å². The number of hydrogen-bond acceptors (Lipinski definition) is 7. The fourth-order valence-corrected chi connectivity index (χ4v) is 5.63. The van der Waals surface area contributed by atoms with Crippen LogP contribution in [0.25, 0.3) is 11.3 Å². The lowest BCUT2D eigenvalue weighted by Crippen LogP contribution is -2.19. The number of nitrogens with zero attached hydrogens (tertiary/aromatic N) is 2. The van der Waals surface area contributed by atoms with Gasteiger partial charge in [0, 0.05) is 10.9 Å². The van der Waals surface area contributed by atoms with Crippen LogP contribution >= 0.6 is 39.0 Å². The Hall–Kier alpha value is -3.14. The Morgan fingerprint density at radius 2 is 1.97 bits per heavy atom. The molecule has 1 aromatic heterocycles. The second kappa shape index (κ2) is 13.4. The summed E-state index contributed by atoms with van der Waals surface area (Å²) in [7, 11) is 0. The van der Waals surface area contributed by atoms with Gasteiger partial charge in [-0.25, -0.2) is 10.4 Å². The molecule has 9 heteroatoms. The molecule has 0 aliphatic heterocycles. The van der Waals surface area contributed by atoms with Crippen molar-refractivity contribution >= 4 is 51.2 Å². The van der Waals surface area contributed by atoms with Crippen molar-refractivity contribution in [2.45, 2.75) is 24.8 Å². The first-order chi connectivity index (χ1) is 18.0. The molecule has 1 N–H and O–H groups in total. The Kier molecular flexibility index (Phi) is 9.76. The van der Waals surface area contributed by atoms with Crippen molar-refractivity contribution in [2.75, 3.05) is 12.4 Å². The Balaban J connectivity index is 1.33. The normalized spacial score (nSPS) is 11.0. The third-order valence-corrected chi connectivity index (χ3v) is 7.69. The number of benzene rings is 3. The second-order valence-electron chi connectivity index (χ2n) is 7.99. The molecular formula is C28H26BrN3O3S2. The molecule has 3 aromatic carbocycles. The fourth-order valence-electron chi connectivity index (χ4n) is 3.43. The zero-order chi connectivity index (χ0) is 26.0. The second-order valence-corrected chi connectivity index (χ2v) is 10.9. The molecule has 0 saturated carbocycles. The highest BCUT2D eigenvalue weighted by Crippen LogP contribution is 2.37. The van der Waals surface area contributed by atoms with Gasteiger partial charge in [-0.3, -0.25) is 4.79 Å². The van der Waals surface area contributed by atoms with Crippen molar-refractivity contribution in [1.82, 2.24) is 10.4 Å². The van der Waals surface area contributed by atoms with Gasteiger partial charge in [-0.15, -0.1) is 11.3 Å². The molecule has 0 atom stereocenters. The van der Waals surface area contributed by atoms with Crippen LogP contribution < -0.4 is 14.9 Å². The van der Waals surface area contributed by atoms with Gasteiger partial charge in [0.1, 0.15) is 6.61 Å². The lowest BCUT2D eigenvalue weighted by molar-refractivity contribution is -0.118. The number of hydrazone groups is 1. The van der Waals surface area contributed by atoms with Crippen LogP contribution in [-0.2, 0) is 11.4 Å². The average Bonchev–Trinajstić information content (AvgIpc) is 3.37. The summed E-state index contributed by atoms with van der Waals surface area (Å²) in [5, 5.41) is 6.11. The van der Waals surface area contributed by atoms with E-state index in [1.54, 1.807) is 6.21 Å². The van der Waals surface area contributed by atoms with E-state index in [4.69, 9.17) is 9.47 Å². The monoisotopic (exact) mass is 595 g/mol. The van der Waals surface area contributed by atoms with E-state index in [0.29, 0.717) is 24.7 Å². The lowest BCUT2D eigenvalue weighted by Gasteiger charge is -2.15. The van der Waals surface area contributed by atoms with Crippen molar-refractivity contribution in [1.29, 1.82) is 0 Å². The molecule has 37 heavy (non-hydrogen) atoms. The van der Waals surface area contributed by atoms with Crippen LogP contribution in [0.5, 0.6) is 11.5 Å². The van der Waals surface area contributed by atoms with E-state index in [-0.39, 0.29) is 11.7 Å². The molecule has 4 aromatic rings. The summed E-state index contributed by atoms with van der Waals surface area (Å²) in [6.07, 6.45) is 1.58. The Bertz CT molecular complexity index is 1380. The first-order valence-corrected chi connectivity index (χ1v) is 14.3. The van der Waals surface area contributed by atoms with E-state index in [1.165, 1.54) is 28.7 Å². The molecule has 6 nitrogen and oxygen atoms in total. The molecule has 1 amide bonds. The topological polar surface area (TPSA) is 72.8 Å². The molecule has 0 radical (unpaired) electrons. The molecule has 190 valence electrons. The maximum Gasteiger partial charge on any atom is 0.250 e. The summed E-state index contributed by atoms with van der Waals surface area (Å²) in [4.78, 5) is 16.9. The zero-order valence-corrected chi connectivity index (χ0v) is 23.7. The third kappa shape index (κ3) is 7.92. The SMILES string of the molecule is CCOc1cc(/C=N/NC(=O)CSc2nc(-c3ccccc3)cs2)cc(Br)c1OCc1cccc(C)c1. The van der Waals surface area contributed by atoms with Gasteiger partial charge in [0.15, 0.2) is 15.8 Å². The van der Waals surface area contributed by atoms with Crippen LogP contribution in [0.1, 0.15) is 23.6 Å². The van der Waals surface area contributed by atoms with Gasteiger partial charge < -0.3 is 9.47 Å². The number of thioether (sulfide) groups is 1. The van der Waals surface area contributed by atoms with Crippen molar-refractivity contribution in [3.8, 4) is 22.8 Å². The number of thiazole rings is 1. The van der Waals surface area contributed by atoms with Crippen molar-refractivity contribution in [2.24, 2.45) is 5.10 Å². The maximum atomic E-state index is 12.3. The fraction of sp³-hybridized carbons (Fsp3) is 0.179. The number of amides is 1. The van der Waals surface area contributed by atoms with E-state index >= 15 is 0 Å². The summed E-state index contributed by atoms with van der Waals surface area (Å²) in [5.74, 6) is 1.24. The van der Waals surface area contributed by atoms with Crippen LogP contribution in [0, 0.1) is 6.92 Å². The third-order valence-electron chi connectivity index (χ3n) is 5.08. The number of carbonyl (C=O) groups excluding carboxylic acids is 1. The smallest absolute Gasteiger partial charge is 0.250 e. The maximum absolute atomic E-state index is 12.3. The summed E-state index contributed by atoms with van der Waals surface area (Å²) in [6.45, 7) is 4.89. The molecule has 0 unspecified atom stereocenters. The van der Waals surface area contributed by atoms with Crippen molar-refractivity contribution < 1.29 is 14.3 Å². The number of nitrogens with one attached hydrogen (secondary N) is 1. The van der Waals surface area contributed by atoms with E-state index in [9.17, 15) is 4.79 Å². The van der Waals surface area contributed by atoms with Crippen molar-refractivity contribution in [3.05, 3.63) is 93.3 Å². The number of ether oxygens (including phenoxy) is 2. The van der Waals surface area contributed by atoms with Gasteiger partial charge in [0.25, 0.3) is 5.91 Å². The Morgan fingerprint density at radius 1 is 1.14 bits per heavy atom. The molecule has 0 spiro atoms. The Morgan fingerprint density at radius 3 is 2.76 bits per heavy atom. The molecule has 0 bridgehead atoms. The average molecular weight is 597 g/mol. The number of aryl methyl sites for hydroxylation is 1. The highest BCUT2D eigenvalue weighted by Gasteiger charge is 2.13. The predicted octanol–water partition coefficient (Wildman–Crippen LogP) is 7.10. The largest absolute Gasteiger partial charge is 0.490 e. The molecule has 0 aliphatic carbocycles. The van der Waals surface area contributed by atoms with Gasteiger partial charge in [-0.1, -0.05) is 71.9 Å². The van der Waals surface area contributed by atoms with Crippen LogP contribution in [0.4, 0.5) is 0 Å². The van der Waals surface area contributed by atoms with E-state index < -0.39 is 0 Å². The highest BCUT2D eigenvalue weighted by atomic mass is 79.9. The number of rotatable bonds is 11. The van der Waals surface area contributed by atoms with Crippen LogP contribution in [0.3, 0.4) is 0 Å². The minimum Gasteiger partial charge on any atom is -0.490 e. The molecule has 4 rings (SSSR count). The number of aromatic nitrogens is 1. The molecule has 0 saturated heterocycles. The van der Waals surface area contributed by atoms with Crippen LogP contribution in [0.15, 0.2) is 86.0 Å². The number of hydrogen-bond donors (Lipinski definition) is 1. The quantitative estimate of drug-likeness (QED) is 0.114. The molecule has 1 heterocycles. The van der Waals surface area contributed by atoms with Gasteiger partial charge in [0.05, 0.1) is 28.7 Å². The van der Waals surface area contributed by atoms with Crippen LogP contribution in [-0.4, -0.2) is 29.5 Å². The summed E-state index contributed by atoms with van der Waals surface area (Å²) >= 11 is 6.49. The minimum absolute atomic E-state index is 0.208. The molecule has 0 aliphatic rings. The predicted molar refractivity (Wildman–Crippen MR) is 155 cm³/mol. The minimum atomic E-state index is -0.208. The number of carbonyl (C=O) groups is 1. The molecule has 0 fully saturated rings. The highest BCUT2D eigenvalue weighted by molar-refractivity contribution is 9.10. The van der Waals surface area contributed by atoms with Gasteiger partial charge in [-0.2, -0.15) is 5.10 Å².